The fourth-order valence-corrected chi connectivity index (χ4v) is 17.3. The topological polar surface area (TPSA) is 72.5 Å². The molecule has 0 radical (unpaired) electrons. The Hall–Kier alpha value is 0.0300. The maximum absolute atomic E-state index is 14.1. The first kappa shape index (κ1) is 48.0. The molecule has 2 unspecified atom stereocenters. The van der Waals surface area contributed by atoms with E-state index in [1.54, 1.807) is 0 Å². The molecule has 0 amide bonds. The van der Waals surface area contributed by atoms with E-state index < -0.39 is 44.7 Å². The van der Waals surface area contributed by atoms with Crippen LogP contribution in [0.4, 0.5) is 26.3 Å². The first-order valence-electron chi connectivity index (χ1n) is 18.8. The van der Waals surface area contributed by atoms with Gasteiger partial charge in [-0.1, -0.05) is 13.3 Å². The molecule has 48 heavy (non-hydrogen) atoms. The minimum absolute atomic E-state index is 0.00868. The predicted octanol–water partition coefficient (Wildman–Crippen LogP) is 12.9. The molecular weight excluding hydrogens is 695 g/mol. The standard InChI is InChI=1S/C34H68F6NO4PS2/c1-5-9-13-17-18-19-20-21-22-23-24-28-32(41-48(43,44)34(38,39)40)46(29-25-14-10-6-2,30-26-15-11-7-3,31-27-16-12-8-4)45-47(42)33(35,36)37/h32,41H,5-31H2,1-4H3. The number of sulfonamides is 1. The van der Waals surface area contributed by atoms with Crippen LogP contribution in [0.25, 0.3) is 0 Å². The second-order valence-electron chi connectivity index (χ2n) is 13.7. The molecule has 0 bridgehead atoms. The third-order valence-electron chi connectivity index (χ3n) is 9.57. The zero-order valence-electron chi connectivity index (χ0n) is 30.3. The fourth-order valence-electron chi connectivity index (χ4n) is 6.71. The van der Waals surface area contributed by atoms with E-state index in [4.69, 9.17) is 3.97 Å². The van der Waals surface area contributed by atoms with Crippen molar-refractivity contribution in [1.29, 1.82) is 0 Å². The van der Waals surface area contributed by atoms with Gasteiger partial charge in [0.05, 0.1) is 0 Å². The van der Waals surface area contributed by atoms with Gasteiger partial charge in [-0.2, -0.15) is 0 Å². The van der Waals surface area contributed by atoms with Crippen molar-refractivity contribution in [3.05, 3.63) is 0 Å². The van der Waals surface area contributed by atoms with E-state index in [0.717, 1.165) is 70.6 Å². The second-order valence-corrected chi connectivity index (χ2v) is 22.3. The van der Waals surface area contributed by atoms with Crippen LogP contribution in [0.2, 0.25) is 0 Å². The van der Waals surface area contributed by atoms with E-state index in [1.807, 2.05) is 25.5 Å². The zero-order valence-corrected chi connectivity index (χ0v) is 32.9. The first-order chi connectivity index (χ1) is 22.5. The normalized spacial score (nSPS) is 15.3. The van der Waals surface area contributed by atoms with Gasteiger partial charge in [0.25, 0.3) is 0 Å². The van der Waals surface area contributed by atoms with E-state index in [1.165, 1.54) is 25.7 Å². The molecule has 1 N–H and O–H groups in total. The van der Waals surface area contributed by atoms with Crippen molar-refractivity contribution in [1.82, 2.24) is 4.72 Å². The fraction of sp³-hybridized carbons (Fsp3) is 1.00. The Labute approximate surface area is 292 Å². The molecule has 5 nitrogen and oxygen atoms in total. The summed E-state index contributed by atoms with van der Waals surface area (Å²) in [5.41, 5.74) is -10.9. The molecule has 0 aliphatic carbocycles. The quantitative estimate of drug-likeness (QED) is 0.0421. The molecule has 0 saturated carbocycles. The monoisotopic (exact) mass is 763 g/mol. The van der Waals surface area contributed by atoms with Gasteiger partial charge in [0.2, 0.25) is 0 Å². The summed E-state index contributed by atoms with van der Waals surface area (Å²) in [4.78, 5) is 0. The van der Waals surface area contributed by atoms with Crippen LogP contribution in [0, 0.1) is 0 Å². The van der Waals surface area contributed by atoms with Gasteiger partial charge in [0.1, 0.15) is 0 Å². The van der Waals surface area contributed by atoms with E-state index in [0.29, 0.717) is 51.4 Å². The molecule has 0 aliphatic heterocycles. The van der Waals surface area contributed by atoms with E-state index in [2.05, 4.69) is 6.92 Å². The second kappa shape index (κ2) is 25.1. The number of rotatable bonds is 32. The average molecular weight is 764 g/mol. The first-order valence-corrected chi connectivity index (χ1v) is 24.2. The number of unbranched alkanes of at least 4 members (excludes halogenated alkanes) is 19. The summed E-state index contributed by atoms with van der Waals surface area (Å²) in [5, 5.41) is 0. The average Bonchev–Trinajstić information content (AvgIpc) is 3.01. The Balaban J connectivity index is 6.78. The third-order valence-corrected chi connectivity index (χ3v) is 19.6. The van der Waals surface area contributed by atoms with Crippen LogP contribution < -0.4 is 4.72 Å². The van der Waals surface area contributed by atoms with Crippen LogP contribution in [0.3, 0.4) is 0 Å². The molecule has 0 rings (SSSR count). The molecule has 0 aromatic rings. The van der Waals surface area contributed by atoms with Crippen LogP contribution in [-0.2, 0) is 25.1 Å². The van der Waals surface area contributed by atoms with Crippen LogP contribution in [0.5, 0.6) is 0 Å². The van der Waals surface area contributed by atoms with Gasteiger partial charge in [-0.25, -0.2) is 0 Å². The minimum atomic E-state index is -5.94. The Morgan fingerprint density at radius 3 is 1.19 bits per heavy atom. The van der Waals surface area contributed by atoms with Gasteiger partial charge < -0.3 is 0 Å². The third kappa shape index (κ3) is 18.5. The Morgan fingerprint density at radius 1 is 0.562 bits per heavy atom. The summed E-state index contributed by atoms with van der Waals surface area (Å²) in [7, 11) is -5.94. The summed E-state index contributed by atoms with van der Waals surface area (Å²) in [6.45, 7) is 3.45. The van der Waals surface area contributed by atoms with Gasteiger partial charge in [-0.05, 0) is 0 Å². The molecule has 0 saturated heterocycles. The summed E-state index contributed by atoms with van der Waals surface area (Å²) >= 11 is -3.81. The van der Waals surface area contributed by atoms with Gasteiger partial charge >= 0.3 is 279 Å². The van der Waals surface area contributed by atoms with Crippen LogP contribution in [0.15, 0.2) is 0 Å². The number of nitrogens with one attached hydrogen (secondary N) is 1. The zero-order chi connectivity index (χ0) is 36.6. The Morgan fingerprint density at radius 2 is 0.875 bits per heavy atom. The Kier molecular flexibility index (Phi) is 25.1. The molecule has 292 valence electrons. The van der Waals surface area contributed by atoms with Gasteiger partial charge in [0.15, 0.2) is 0 Å². The molecule has 2 atom stereocenters. The summed E-state index contributed by atoms with van der Waals surface area (Å²) in [6.07, 6.45) is 18.3. The van der Waals surface area contributed by atoms with Gasteiger partial charge in [0, 0.05) is 0 Å². The van der Waals surface area contributed by atoms with Crippen molar-refractivity contribution >= 4 is 27.9 Å². The van der Waals surface area contributed by atoms with Crippen LogP contribution in [-0.4, -0.2) is 47.9 Å². The summed E-state index contributed by atoms with van der Waals surface area (Å²) < 4.78 is 130. The maximum atomic E-state index is 14.1. The van der Waals surface area contributed by atoms with Crippen molar-refractivity contribution in [2.24, 2.45) is 0 Å². The van der Waals surface area contributed by atoms with Crippen molar-refractivity contribution in [2.45, 2.75) is 199 Å². The predicted molar refractivity (Wildman–Crippen MR) is 192 cm³/mol. The molecule has 0 spiro atoms. The van der Waals surface area contributed by atoms with Crippen molar-refractivity contribution < 1.29 is 42.9 Å². The van der Waals surface area contributed by atoms with Gasteiger partial charge in [-0.15, -0.1) is 0 Å². The summed E-state index contributed by atoms with van der Waals surface area (Å²) in [6, 6.07) is 0. The molecular formula is C34H68F6NO4PS2. The summed E-state index contributed by atoms with van der Waals surface area (Å²) in [5.74, 6) is -1.52. The number of hydrogen-bond donors (Lipinski definition) is 1. The van der Waals surface area contributed by atoms with E-state index >= 15 is 0 Å². The van der Waals surface area contributed by atoms with Crippen LogP contribution >= 0.6 is 6.83 Å². The van der Waals surface area contributed by atoms with Crippen LogP contribution in [0.1, 0.15) is 182 Å². The number of hydrogen-bond acceptors (Lipinski definition) is 4. The molecule has 0 fully saturated rings. The molecule has 14 heteroatoms. The molecule has 0 heterocycles. The van der Waals surface area contributed by atoms with E-state index in [9.17, 15) is 39.0 Å². The number of halogens is 6. The van der Waals surface area contributed by atoms with Crippen molar-refractivity contribution in [3.8, 4) is 0 Å². The van der Waals surface area contributed by atoms with Crippen molar-refractivity contribution in [3.63, 3.8) is 0 Å². The van der Waals surface area contributed by atoms with Gasteiger partial charge in [-0.3, -0.25) is 0 Å². The van der Waals surface area contributed by atoms with Crippen molar-refractivity contribution in [2.75, 3.05) is 18.5 Å². The molecule has 0 aromatic heterocycles. The SMILES string of the molecule is CCCCCCCCCCCCCC(NS(=O)(=O)C(F)(F)F)P(CCCCCC)(CCCCCC)(CCCCCC)OS(=O)C(F)(F)F. The molecule has 0 aromatic carbocycles. The van der Waals surface area contributed by atoms with E-state index in [-0.39, 0.29) is 24.9 Å². The Bertz CT molecular complexity index is 917. The number of alkyl halides is 6. The molecule has 0 aliphatic rings.